The van der Waals surface area contributed by atoms with E-state index in [9.17, 15) is 4.39 Å². The maximum atomic E-state index is 13.3. The molecule has 0 radical (unpaired) electrons. The number of halogens is 1. The number of aryl methyl sites for hydroxylation is 2. The average molecular weight is 306 g/mol. The van der Waals surface area contributed by atoms with E-state index in [-0.39, 0.29) is 5.82 Å². The maximum absolute atomic E-state index is 13.3. The van der Waals surface area contributed by atoms with Gasteiger partial charge in [-0.05, 0) is 60.9 Å². The third-order valence-electron chi connectivity index (χ3n) is 3.46. The lowest BCUT2D eigenvalue weighted by atomic mass is 10.0. The molecule has 1 heterocycles. The molecule has 3 aromatic rings. The molecule has 0 bridgehead atoms. The van der Waals surface area contributed by atoms with E-state index in [0.29, 0.717) is 5.56 Å². The minimum Gasteiger partial charge on any atom is -0.207 e. The van der Waals surface area contributed by atoms with E-state index in [2.05, 4.69) is 30.2 Å². The summed E-state index contributed by atoms with van der Waals surface area (Å²) in [6, 6.07) is 15.3. The fourth-order valence-corrected chi connectivity index (χ4v) is 2.86. The largest absolute Gasteiger partial charge is 0.207 e. The van der Waals surface area contributed by atoms with E-state index >= 15 is 0 Å². The van der Waals surface area contributed by atoms with Gasteiger partial charge < -0.3 is 0 Å². The van der Waals surface area contributed by atoms with Crippen molar-refractivity contribution in [3.63, 3.8) is 0 Å². The molecule has 0 N–H and O–H groups in total. The molecule has 0 saturated carbocycles. The van der Waals surface area contributed by atoms with Crippen LogP contribution < -0.4 is 0 Å². The van der Waals surface area contributed by atoms with Gasteiger partial charge in [0.2, 0.25) is 0 Å². The van der Waals surface area contributed by atoms with Gasteiger partial charge in [0.25, 0.3) is 0 Å². The van der Waals surface area contributed by atoms with E-state index in [0.717, 1.165) is 22.3 Å². The fourth-order valence-electron chi connectivity index (χ4n) is 2.22. The molecule has 0 amide bonds. The Balaban J connectivity index is 1.83. The zero-order valence-electron chi connectivity index (χ0n) is 12.5. The van der Waals surface area contributed by atoms with Crippen LogP contribution in [0.5, 0.6) is 0 Å². The molecule has 22 heavy (non-hydrogen) atoms. The monoisotopic (exact) mass is 306 g/mol. The summed E-state index contributed by atoms with van der Waals surface area (Å²) in [6.45, 7) is 3.86. The Labute approximate surface area is 134 Å². The highest BCUT2D eigenvalue weighted by Crippen LogP contribution is 2.22. The van der Waals surface area contributed by atoms with Crippen LogP contribution in [-0.2, 0) is 0 Å². The summed E-state index contributed by atoms with van der Waals surface area (Å²) in [5.74, 6) is 6.17. The van der Waals surface area contributed by atoms with Gasteiger partial charge in [0.05, 0.1) is 0 Å². The summed E-state index contributed by atoms with van der Waals surface area (Å²) in [4.78, 5) is 1.27. The first-order valence-electron chi connectivity index (χ1n) is 7.05. The zero-order chi connectivity index (χ0) is 15.5. The van der Waals surface area contributed by atoms with Gasteiger partial charge in [-0.1, -0.05) is 30.0 Å². The molecule has 0 fully saturated rings. The van der Waals surface area contributed by atoms with Crippen LogP contribution in [0.25, 0.3) is 11.1 Å². The van der Waals surface area contributed by atoms with Crippen molar-refractivity contribution in [2.75, 3.05) is 0 Å². The predicted octanol–water partition coefficient (Wildman–Crippen LogP) is 5.57. The van der Waals surface area contributed by atoms with Gasteiger partial charge in [-0.3, -0.25) is 0 Å². The lowest BCUT2D eigenvalue weighted by molar-refractivity contribution is 0.619. The van der Waals surface area contributed by atoms with Gasteiger partial charge in [0, 0.05) is 21.4 Å². The number of hydrogen-bond donors (Lipinski definition) is 0. The van der Waals surface area contributed by atoms with Crippen molar-refractivity contribution >= 4 is 11.3 Å². The van der Waals surface area contributed by atoms with Crippen LogP contribution in [0, 0.1) is 31.5 Å². The molecule has 0 atom stereocenters. The first kappa shape index (κ1) is 14.6. The van der Waals surface area contributed by atoms with Crippen LogP contribution in [0.3, 0.4) is 0 Å². The summed E-state index contributed by atoms with van der Waals surface area (Å²) in [5, 5.41) is 2.07. The minimum absolute atomic E-state index is 0.169. The minimum atomic E-state index is -0.169. The number of thiophene rings is 1. The van der Waals surface area contributed by atoms with Crippen molar-refractivity contribution in [2.24, 2.45) is 0 Å². The molecule has 0 unspecified atom stereocenters. The van der Waals surface area contributed by atoms with Crippen molar-refractivity contribution in [2.45, 2.75) is 13.8 Å². The van der Waals surface area contributed by atoms with Gasteiger partial charge >= 0.3 is 0 Å². The summed E-state index contributed by atoms with van der Waals surface area (Å²) >= 11 is 1.71. The van der Waals surface area contributed by atoms with Gasteiger partial charge in [0.1, 0.15) is 5.82 Å². The predicted molar refractivity (Wildman–Crippen MR) is 91.6 cm³/mol. The van der Waals surface area contributed by atoms with Crippen LogP contribution in [0.4, 0.5) is 4.39 Å². The highest BCUT2D eigenvalue weighted by atomic mass is 32.1. The van der Waals surface area contributed by atoms with Gasteiger partial charge in [-0.2, -0.15) is 0 Å². The third kappa shape index (κ3) is 3.27. The molecule has 0 nitrogen and oxygen atoms in total. The smallest absolute Gasteiger partial charge is 0.126 e. The Bertz CT molecular complexity index is 861. The van der Waals surface area contributed by atoms with E-state index in [1.54, 1.807) is 24.3 Å². The standard InChI is InChI=1S/C20H15FS/c1-14-11-19(9-10-20(14)21)18-7-5-16(6-8-18)3-4-17-12-15(2)22-13-17/h5-13H,1-2H3. The second-order valence-corrected chi connectivity index (χ2v) is 6.35. The van der Waals surface area contributed by atoms with Crippen molar-refractivity contribution in [1.82, 2.24) is 0 Å². The second-order valence-electron chi connectivity index (χ2n) is 5.24. The molecule has 0 aliphatic carbocycles. The SMILES string of the molecule is Cc1cc(C#Cc2ccc(-c3ccc(F)c(C)c3)cc2)cs1. The molecule has 3 rings (SSSR count). The molecule has 0 aliphatic heterocycles. The fraction of sp³-hybridized carbons (Fsp3) is 0.100. The van der Waals surface area contributed by atoms with Crippen molar-refractivity contribution in [3.8, 4) is 23.0 Å². The van der Waals surface area contributed by atoms with E-state index in [4.69, 9.17) is 0 Å². The van der Waals surface area contributed by atoms with Gasteiger partial charge in [0.15, 0.2) is 0 Å². The van der Waals surface area contributed by atoms with E-state index < -0.39 is 0 Å². The maximum Gasteiger partial charge on any atom is 0.126 e. The Morgan fingerprint density at radius 1 is 0.818 bits per heavy atom. The molecule has 1 aromatic heterocycles. The number of rotatable bonds is 1. The van der Waals surface area contributed by atoms with Crippen LogP contribution >= 0.6 is 11.3 Å². The molecule has 0 spiro atoms. The van der Waals surface area contributed by atoms with Gasteiger partial charge in [-0.25, -0.2) is 4.39 Å². The first-order chi connectivity index (χ1) is 10.6. The van der Waals surface area contributed by atoms with Crippen molar-refractivity contribution in [1.29, 1.82) is 0 Å². The molecule has 0 saturated heterocycles. The molecule has 0 aliphatic rings. The summed E-state index contributed by atoms with van der Waals surface area (Å²) in [7, 11) is 0. The second kappa shape index (κ2) is 6.17. The Hall–Kier alpha value is -2.37. The van der Waals surface area contributed by atoms with Crippen molar-refractivity contribution in [3.05, 3.63) is 81.3 Å². The Morgan fingerprint density at radius 2 is 1.50 bits per heavy atom. The molecule has 2 heteroatoms. The summed E-state index contributed by atoms with van der Waals surface area (Å²) in [6.07, 6.45) is 0. The topological polar surface area (TPSA) is 0 Å². The Kier molecular flexibility index (Phi) is 4.09. The van der Waals surface area contributed by atoms with Crippen molar-refractivity contribution < 1.29 is 4.39 Å². The Morgan fingerprint density at radius 3 is 2.14 bits per heavy atom. The van der Waals surface area contributed by atoms with Crippen LogP contribution in [0.15, 0.2) is 53.9 Å². The highest BCUT2D eigenvalue weighted by Gasteiger charge is 2.01. The van der Waals surface area contributed by atoms with Gasteiger partial charge in [-0.15, -0.1) is 11.3 Å². The molecule has 108 valence electrons. The molecule has 2 aromatic carbocycles. The van der Waals surface area contributed by atoms with E-state index in [1.165, 1.54) is 10.9 Å². The van der Waals surface area contributed by atoms with Crippen LogP contribution in [0.2, 0.25) is 0 Å². The lowest BCUT2D eigenvalue weighted by Crippen LogP contribution is -1.84. The zero-order valence-corrected chi connectivity index (χ0v) is 13.3. The number of benzene rings is 2. The van der Waals surface area contributed by atoms with Crippen LogP contribution in [-0.4, -0.2) is 0 Å². The molecular weight excluding hydrogens is 291 g/mol. The average Bonchev–Trinajstić information content (AvgIpc) is 2.94. The normalized spacial score (nSPS) is 10.1. The lowest BCUT2D eigenvalue weighted by Gasteiger charge is -2.04. The quantitative estimate of drug-likeness (QED) is 0.515. The highest BCUT2D eigenvalue weighted by molar-refractivity contribution is 7.10. The number of hydrogen-bond acceptors (Lipinski definition) is 1. The molecular formula is C20H15FS. The van der Waals surface area contributed by atoms with Crippen LogP contribution in [0.1, 0.15) is 21.6 Å². The first-order valence-corrected chi connectivity index (χ1v) is 7.93. The summed E-state index contributed by atoms with van der Waals surface area (Å²) in [5.41, 5.74) is 4.79. The third-order valence-corrected chi connectivity index (χ3v) is 4.32. The summed E-state index contributed by atoms with van der Waals surface area (Å²) < 4.78 is 13.3. The van der Waals surface area contributed by atoms with E-state index in [1.807, 2.05) is 30.3 Å².